The van der Waals surface area contributed by atoms with E-state index in [1.807, 2.05) is 91.0 Å². The van der Waals surface area contributed by atoms with Crippen molar-refractivity contribution in [3.05, 3.63) is 138 Å². The molecule has 0 aliphatic heterocycles. The Kier molecular flexibility index (Phi) is 7.84. The van der Waals surface area contributed by atoms with E-state index in [9.17, 15) is 23.1 Å². The Balaban J connectivity index is 1.75. The molecule has 0 bridgehead atoms. The summed E-state index contributed by atoms with van der Waals surface area (Å²) in [6, 6.07) is 33.9. The molecular weight excluding hydrogens is 486 g/mol. The Bertz CT molecular complexity index is 1340. The highest BCUT2D eigenvalue weighted by Gasteiger charge is 2.45. The molecule has 1 atom stereocenters. The normalized spacial score (nSPS) is 12.4. The van der Waals surface area contributed by atoms with Gasteiger partial charge < -0.3 is 10.4 Å². The number of amides is 1. The summed E-state index contributed by atoms with van der Waals surface area (Å²) in [5.41, 5.74) is 0.610. The van der Waals surface area contributed by atoms with Crippen molar-refractivity contribution in [2.24, 2.45) is 0 Å². The van der Waals surface area contributed by atoms with Crippen LogP contribution in [0.5, 0.6) is 0 Å². The first-order chi connectivity index (χ1) is 17.9. The molecule has 0 fully saturated rings. The molecule has 0 aromatic heterocycles. The molecular formula is C30H27NO5S. The number of nitrogens with one attached hydrogen (secondary N) is 1. The molecule has 188 valence electrons. The number of carboxylic acid groups (broad SMARTS) is 1. The number of carbonyl (C=O) groups is 2. The maximum absolute atomic E-state index is 14.3. The zero-order valence-corrected chi connectivity index (χ0v) is 20.8. The number of carbonyl (C=O) groups excluding carboxylic acids is 1. The Hall–Kier alpha value is -4.23. The number of hydrogen-bond acceptors (Lipinski definition) is 4. The first-order valence-corrected chi connectivity index (χ1v) is 13.5. The monoisotopic (exact) mass is 513 g/mol. The van der Waals surface area contributed by atoms with Crippen LogP contribution in [0.3, 0.4) is 0 Å². The third-order valence-corrected chi connectivity index (χ3v) is 8.11. The lowest BCUT2D eigenvalue weighted by molar-refractivity contribution is -0.142. The first kappa shape index (κ1) is 25.9. The van der Waals surface area contributed by atoms with E-state index in [0.29, 0.717) is 16.7 Å². The average molecular weight is 514 g/mol. The van der Waals surface area contributed by atoms with Crippen LogP contribution < -0.4 is 5.32 Å². The highest BCUT2D eigenvalue weighted by Crippen LogP contribution is 2.39. The number of hydrogen-bond donors (Lipinski definition) is 2. The zero-order valence-electron chi connectivity index (χ0n) is 20.0. The fourth-order valence-electron chi connectivity index (χ4n) is 4.50. The van der Waals surface area contributed by atoms with Gasteiger partial charge in [0.15, 0.2) is 9.84 Å². The van der Waals surface area contributed by atoms with E-state index in [4.69, 9.17) is 0 Å². The number of rotatable bonds is 10. The fraction of sp³-hybridized carbons (Fsp3) is 0.133. The van der Waals surface area contributed by atoms with Crippen LogP contribution in [0.15, 0.2) is 126 Å². The summed E-state index contributed by atoms with van der Waals surface area (Å²) in [4.78, 5) is 26.6. The summed E-state index contributed by atoms with van der Waals surface area (Å²) in [6.07, 6.45) is -0.285. The minimum absolute atomic E-state index is 0.109. The lowest BCUT2D eigenvalue weighted by atomic mass is 9.68. The van der Waals surface area contributed by atoms with Crippen molar-refractivity contribution in [3.63, 3.8) is 0 Å². The minimum atomic E-state index is -3.73. The molecule has 0 radical (unpaired) electrons. The summed E-state index contributed by atoms with van der Waals surface area (Å²) in [5.74, 6) is -2.29. The van der Waals surface area contributed by atoms with E-state index in [2.05, 4.69) is 5.32 Å². The van der Waals surface area contributed by atoms with E-state index >= 15 is 0 Å². The zero-order chi connectivity index (χ0) is 26.3. The van der Waals surface area contributed by atoms with Gasteiger partial charge in [-0.1, -0.05) is 109 Å². The molecule has 37 heavy (non-hydrogen) atoms. The van der Waals surface area contributed by atoms with E-state index in [1.165, 1.54) is 12.1 Å². The van der Waals surface area contributed by atoms with Crippen molar-refractivity contribution < 1.29 is 23.1 Å². The molecule has 0 aliphatic rings. The van der Waals surface area contributed by atoms with Gasteiger partial charge in [0.05, 0.1) is 10.6 Å². The van der Waals surface area contributed by atoms with Crippen LogP contribution in [0, 0.1) is 0 Å². The first-order valence-electron chi connectivity index (χ1n) is 11.8. The smallest absolute Gasteiger partial charge is 0.326 e. The average Bonchev–Trinajstić information content (AvgIpc) is 2.93. The minimum Gasteiger partial charge on any atom is -0.480 e. The Morgan fingerprint density at radius 2 is 1.05 bits per heavy atom. The standard InChI is InChI=1S/C30H27NO5S/c32-28(33)27(21-22-37(35,36)26-19-11-4-12-20-26)31-29(34)30(23-13-5-1-6-14-23,24-15-7-2-8-16-24)25-17-9-3-10-18-25/h1-20,27H,21-22H2,(H,31,34)(H,32,33)/t27-/m0/s1. The van der Waals surface area contributed by atoms with E-state index < -0.39 is 38.9 Å². The predicted molar refractivity (Wildman–Crippen MR) is 142 cm³/mol. The molecule has 2 N–H and O–H groups in total. The topological polar surface area (TPSA) is 101 Å². The van der Waals surface area contributed by atoms with Crippen molar-refractivity contribution in [3.8, 4) is 0 Å². The van der Waals surface area contributed by atoms with Crippen molar-refractivity contribution in [1.82, 2.24) is 5.32 Å². The van der Waals surface area contributed by atoms with Gasteiger partial charge in [-0.15, -0.1) is 0 Å². The Morgan fingerprint density at radius 1 is 0.676 bits per heavy atom. The second-order valence-corrected chi connectivity index (χ2v) is 10.7. The molecule has 7 heteroatoms. The molecule has 1 amide bonds. The van der Waals surface area contributed by atoms with Gasteiger partial charge in [-0.3, -0.25) is 4.79 Å². The van der Waals surface area contributed by atoms with Crippen LogP contribution in [-0.4, -0.2) is 37.2 Å². The van der Waals surface area contributed by atoms with Crippen LogP contribution in [-0.2, 0) is 24.8 Å². The third kappa shape index (κ3) is 5.47. The molecule has 0 aliphatic carbocycles. The third-order valence-electron chi connectivity index (χ3n) is 6.34. The molecule has 0 unspecified atom stereocenters. The second-order valence-electron chi connectivity index (χ2n) is 8.63. The SMILES string of the molecule is O=C(O)[C@H](CCS(=O)(=O)c1ccccc1)NC(=O)C(c1ccccc1)(c1ccccc1)c1ccccc1. The summed E-state index contributed by atoms with van der Waals surface area (Å²) < 4.78 is 25.6. The van der Waals surface area contributed by atoms with Gasteiger partial charge in [0, 0.05) is 0 Å². The predicted octanol–water partition coefficient (Wildman–Crippen LogP) is 4.45. The largest absolute Gasteiger partial charge is 0.480 e. The van der Waals surface area contributed by atoms with Crippen molar-refractivity contribution in [2.75, 3.05) is 5.75 Å². The van der Waals surface area contributed by atoms with Gasteiger partial charge >= 0.3 is 5.97 Å². The fourth-order valence-corrected chi connectivity index (χ4v) is 5.85. The summed E-state index contributed by atoms with van der Waals surface area (Å²) in [6.45, 7) is 0. The molecule has 0 saturated carbocycles. The molecule has 0 spiro atoms. The Morgan fingerprint density at radius 3 is 1.43 bits per heavy atom. The Labute approximate surface area is 216 Å². The molecule has 0 saturated heterocycles. The molecule has 0 heterocycles. The van der Waals surface area contributed by atoms with Crippen LogP contribution in [0.4, 0.5) is 0 Å². The van der Waals surface area contributed by atoms with Gasteiger partial charge in [0.2, 0.25) is 5.91 Å². The highest BCUT2D eigenvalue weighted by molar-refractivity contribution is 7.91. The van der Waals surface area contributed by atoms with Gasteiger partial charge in [-0.2, -0.15) is 0 Å². The number of carboxylic acids is 1. The molecule has 6 nitrogen and oxygen atoms in total. The molecule has 4 rings (SSSR count). The highest BCUT2D eigenvalue weighted by atomic mass is 32.2. The molecule has 4 aromatic rings. The molecule has 4 aromatic carbocycles. The number of sulfone groups is 1. The second kappa shape index (κ2) is 11.2. The lowest BCUT2D eigenvalue weighted by Crippen LogP contribution is -2.52. The lowest BCUT2D eigenvalue weighted by Gasteiger charge is -2.35. The quantitative estimate of drug-likeness (QED) is 0.305. The van der Waals surface area contributed by atoms with Crippen molar-refractivity contribution in [2.45, 2.75) is 22.8 Å². The summed E-state index contributed by atoms with van der Waals surface area (Å²) >= 11 is 0. The van der Waals surface area contributed by atoms with Gasteiger partial charge in [0.1, 0.15) is 11.5 Å². The number of benzene rings is 4. The van der Waals surface area contributed by atoms with Gasteiger partial charge in [0.25, 0.3) is 0 Å². The number of aliphatic carboxylic acids is 1. The van der Waals surface area contributed by atoms with Gasteiger partial charge in [-0.25, -0.2) is 13.2 Å². The van der Waals surface area contributed by atoms with E-state index in [0.717, 1.165) is 0 Å². The van der Waals surface area contributed by atoms with Crippen LogP contribution in [0.1, 0.15) is 23.1 Å². The van der Waals surface area contributed by atoms with Crippen LogP contribution in [0.25, 0.3) is 0 Å². The van der Waals surface area contributed by atoms with Gasteiger partial charge in [-0.05, 0) is 35.2 Å². The van der Waals surface area contributed by atoms with E-state index in [-0.39, 0.29) is 11.3 Å². The maximum atomic E-state index is 14.3. The summed E-state index contributed by atoms with van der Waals surface area (Å²) in [5, 5.41) is 12.6. The maximum Gasteiger partial charge on any atom is 0.326 e. The summed E-state index contributed by atoms with van der Waals surface area (Å²) in [7, 11) is -3.73. The van der Waals surface area contributed by atoms with Crippen LogP contribution >= 0.6 is 0 Å². The van der Waals surface area contributed by atoms with Crippen molar-refractivity contribution >= 4 is 21.7 Å². The van der Waals surface area contributed by atoms with E-state index in [1.54, 1.807) is 18.2 Å². The van der Waals surface area contributed by atoms with Crippen molar-refractivity contribution in [1.29, 1.82) is 0 Å². The van der Waals surface area contributed by atoms with Crippen LogP contribution in [0.2, 0.25) is 0 Å².